The minimum atomic E-state index is 0.499. The fourth-order valence-electron chi connectivity index (χ4n) is 2.02. The minimum absolute atomic E-state index is 0.499. The molecule has 0 saturated carbocycles. The van der Waals surface area contributed by atoms with E-state index in [4.69, 9.17) is 16.9 Å². The Morgan fingerprint density at radius 3 is 2.61 bits per heavy atom. The molecule has 0 aliphatic carbocycles. The lowest BCUT2D eigenvalue weighted by molar-refractivity contribution is 0.564. The first kappa shape index (κ1) is 14.9. The topological polar surface area (TPSA) is 35.8 Å². The molecule has 0 aliphatic heterocycles. The largest absolute Gasteiger partial charge is 0.382 e. The third kappa shape index (κ3) is 4.58. The molecule has 98 valence electrons. The highest BCUT2D eigenvalue weighted by atomic mass is 35.5. The molecule has 0 saturated heterocycles. The van der Waals surface area contributed by atoms with Gasteiger partial charge in [-0.2, -0.15) is 5.26 Å². The fraction of sp³-hybridized carbons (Fsp3) is 0.533. The molecule has 1 rings (SSSR count). The maximum Gasteiger partial charge on any atom is 0.101 e. The van der Waals surface area contributed by atoms with Gasteiger partial charge in [-0.1, -0.05) is 44.7 Å². The molecule has 1 aromatic carbocycles. The van der Waals surface area contributed by atoms with E-state index in [-0.39, 0.29) is 0 Å². The van der Waals surface area contributed by atoms with Crippen molar-refractivity contribution in [2.24, 2.45) is 0 Å². The summed E-state index contributed by atoms with van der Waals surface area (Å²) in [5, 5.41) is 12.9. The summed E-state index contributed by atoms with van der Waals surface area (Å²) in [4.78, 5) is 0. The summed E-state index contributed by atoms with van der Waals surface area (Å²) in [6, 6.07) is 8.12. The number of benzene rings is 1. The Bertz CT molecular complexity index is 409. The van der Waals surface area contributed by atoms with E-state index in [0.29, 0.717) is 16.6 Å². The summed E-state index contributed by atoms with van der Waals surface area (Å²) in [6.07, 6.45) is 5.97. The van der Waals surface area contributed by atoms with E-state index in [1.165, 1.54) is 25.7 Å². The van der Waals surface area contributed by atoms with Gasteiger partial charge in [-0.15, -0.1) is 0 Å². The first-order chi connectivity index (χ1) is 8.71. The van der Waals surface area contributed by atoms with Gasteiger partial charge in [0.15, 0.2) is 0 Å². The second-order valence-electron chi connectivity index (χ2n) is 4.58. The van der Waals surface area contributed by atoms with Crippen LogP contribution in [0.3, 0.4) is 0 Å². The smallest absolute Gasteiger partial charge is 0.101 e. The highest BCUT2D eigenvalue weighted by Crippen LogP contribution is 2.22. The van der Waals surface area contributed by atoms with Gasteiger partial charge in [-0.3, -0.25) is 0 Å². The van der Waals surface area contributed by atoms with E-state index >= 15 is 0 Å². The predicted octanol–water partition coefficient (Wildman–Crippen LogP) is 4.98. The summed E-state index contributed by atoms with van der Waals surface area (Å²) >= 11 is 6.03. The van der Waals surface area contributed by atoms with Gasteiger partial charge >= 0.3 is 0 Å². The molecule has 1 N–H and O–H groups in total. The molecule has 1 unspecified atom stereocenters. The van der Waals surface area contributed by atoms with Crippen molar-refractivity contribution in [2.75, 3.05) is 5.32 Å². The molecule has 1 atom stereocenters. The van der Waals surface area contributed by atoms with Crippen molar-refractivity contribution >= 4 is 17.3 Å². The third-order valence-corrected chi connectivity index (χ3v) is 3.32. The van der Waals surface area contributed by atoms with Crippen molar-refractivity contribution in [3.8, 4) is 6.07 Å². The van der Waals surface area contributed by atoms with Gasteiger partial charge in [0, 0.05) is 11.7 Å². The van der Waals surface area contributed by atoms with E-state index < -0.39 is 0 Å². The van der Waals surface area contributed by atoms with Crippen LogP contribution in [0.15, 0.2) is 18.2 Å². The minimum Gasteiger partial charge on any atom is -0.382 e. The van der Waals surface area contributed by atoms with Crippen molar-refractivity contribution in [1.29, 1.82) is 5.26 Å². The predicted molar refractivity (Wildman–Crippen MR) is 78.0 cm³/mol. The van der Waals surface area contributed by atoms with Crippen LogP contribution in [0.4, 0.5) is 5.69 Å². The van der Waals surface area contributed by atoms with E-state index in [1.807, 2.05) is 12.1 Å². The average molecular weight is 265 g/mol. The molecule has 0 amide bonds. The molecule has 2 nitrogen and oxygen atoms in total. The second-order valence-corrected chi connectivity index (χ2v) is 4.99. The van der Waals surface area contributed by atoms with Gasteiger partial charge in [-0.25, -0.2) is 0 Å². The monoisotopic (exact) mass is 264 g/mol. The zero-order valence-corrected chi connectivity index (χ0v) is 11.9. The molecule has 0 fully saturated rings. The second kappa shape index (κ2) is 8.00. The molecule has 1 aromatic rings. The van der Waals surface area contributed by atoms with Crippen LogP contribution >= 0.6 is 11.6 Å². The summed E-state index contributed by atoms with van der Waals surface area (Å²) in [5.74, 6) is 0. The van der Waals surface area contributed by atoms with Crippen molar-refractivity contribution < 1.29 is 0 Å². The van der Waals surface area contributed by atoms with E-state index in [1.54, 1.807) is 6.07 Å². The maximum absolute atomic E-state index is 8.84. The van der Waals surface area contributed by atoms with Gasteiger partial charge in [0.25, 0.3) is 0 Å². The van der Waals surface area contributed by atoms with E-state index in [0.717, 1.165) is 12.1 Å². The number of nitrogens with one attached hydrogen (secondary N) is 1. The van der Waals surface area contributed by atoms with E-state index in [9.17, 15) is 0 Å². The van der Waals surface area contributed by atoms with Crippen LogP contribution in [0.2, 0.25) is 5.02 Å². The zero-order valence-electron chi connectivity index (χ0n) is 11.2. The summed E-state index contributed by atoms with van der Waals surface area (Å²) < 4.78 is 0. The number of hydrogen-bond donors (Lipinski definition) is 1. The van der Waals surface area contributed by atoms with Crippen molar-refractivity contribution in [1.82, 2.24) is 0 Å². The molecule has 18 heavy (non-hydrogen) atoms. The Kier molecular flexibility index (Phi) is 6.60. The molecule has 0 aliphatic rings. The molecule has 0 radical (unpaired) electrons. The lowest BCUT2D eigenvalue weighted by Gasteiger charge is -2.19. The normalized spacial score (nSPS) is 11.9. The fourth-order valence-corrected chi connectivity index (χ4v) is 2.24. The van der Waals surface area contributed by atoms with Gasteiger partial charge in [0.1, 0.15) is 6.07 Å². The first-order valence-electron chi connectivity index (χ1n) is 6.67. The average Bonchev–Trinajstić information content (AvgIpc) is 2.36. The number of unbranched alkanes of at least 4 members (excludes halogenated alkanes) is 1. The Morgan fingerprint density at radius 1 is 1.28 bits per heavy atom. The number of anilines is 1. The number of rotatable bonds is 7. The maximum atomic E-state index is 8.84. The molecule has 0 aromatic heterocycles. The SMILES string of the molecule is CCCCC(CCC)Nc1ccc(C#N)c(Cl)c1. The van der Waals surface area contributed by atoms with Crippen LogP contribution in [0.25, 0.3) is 0 Å². The molecule has 0 spiro atoms. The Balaban J connectivity index is 2.68. The lowest BCUT2D eigenvalue weighted by atomic mass is 10.0. The standard InChI is InChI=1S/C15H21ClN2/c1-3-5-7-13(6-4-2)18-14-9-8-12(11-17)15(16)10-14/h8-10,13,18H,3-7H2,1-2H3. The number of hydrogen-bond acceptors (Lipinski definition) is 2. The molecule has 0 bridgehead atoms. The van der Waals surface area contributed by atoms with Crippen LogP contribution < -0.4 is 5.32 Å². The van der Waals surface area contributed by atoms with E-state index in [2.05, 4.69) is 25.2 Å². The number of nitrogens with zero attached hydrogens (tertiary/aromatic N) is 1. The van der Waals surface area contributed by atoms with Crippen molar-refractivity contribution in [2.45, 2.75) is 52.0 Å². The van der Waals surface area contributed by atoms with Crippen molar-refractivity contribution in [3.63, 3.8) is 0 Å². The summed E-state index contributed by atoms with van der Waals surface area (Å²) in [7, 11) is 0. The Labute approximate surface area is 115 Å². The molecular weight excluding hydrogens is 244 g/mol. The first-order valence-corrected chi connectivity index (χ1v) is 7.05. The Morgan fingerprint density at radius 2 is 2.06 bits per heavy atom. The number of nitriles is 1. The van der Waals surface area contributed by atoms with Gasteiger partial charge in [0.2, 0.25) is 0 Å². The summed E-state index contributed by atoms with van der Waals surface area (Å²) in [6.45, 7) is 4.41. The van der Waals surface area contributed by atoms with Crippen LogP contribution in [-0.2, 0) is 0 Å². The molecule has 0 heterocycles. The van der Waals surface area contributed by atoms with Gasteiger partial charge in [-0.05, 0) is 31.0 Å². The Hall–Kier alpha value is -1.20. The van der Waals surface area contributed by atoms with Crippen LogP contribution in [0.5, 0.6) is 0 Å². The lowest BCUT2D eigenvalue weighted by Crippen LogP contribution is -2.19. The quantitative estimate of drug-likeness (QED) is 0.754. The van der Waals surface area contributed by atoms with Crippen LogP contribution in [-0.4, -0.2) is 6.04 Å². The molecule has 3 heteroatoms. The van der Waals surface area contributed by atoms with Crippen LogP contribution in [0.1, 0.15) is 51.5 Å². The van der Waals surface area contributed by atoms with Gasteiger partial charge < -0.3 is 5.32 Å². The van der Waals surface area contributed by atoms with Crippen LogP contribution in [0, 0.1) is 11.3 Å². The molecular formula is C15H21ClN2. The van der Waals surface area contributed by atoms with Gasteiger partial charge in [0.05, 0.1) is 10.6 Å². The van der Waals surface area contributed by atoms with Crippen molar-refractivity contribution in [3.05, 3.63) is 28.8 Å². The summed E-state index contributed by atoms with van der Waals surface area (Å²) in [5.41, 5.74) is 1.54. The highest BCUT2D eigenvalue weighted by Gasteiger charge is 2.08. The third-order valence-electron chi connectivity index (χ3n) is 3.00. The number of halogens is 1. The zero-order chi connectivity index (χ0) is 13.4. The highest BCUT2D eigenvalue weighted by molar-refractivity contribution is 6.32.